The standard InChI is InChI=1S/C22H21N3S2/c1-26-25-9-6-20(7-10-25)27-22-13-19(12-18-5-8-24-15-21(18)22)17-4-2-3-16(11-17)14-23/h2-5,8,11-13,15,20H,6-7,9-10H2,1H3/p+1. The van der Waals surface area contributed by atoms with Crippen molar-refractivity contribution in [2.75, 3.05) is 19.3 Å². The van der Waals surface area contributed by atoms with E-state index < -0.39 is 0 Å². The smallest absolute Gasteiger partial charge is 0.115 e. The summed E-state index contributed by atoms with van der Waals surface area (Å²) < 4.78 is 2.50. The maximum Gasteiger partial charge on any atom is 0.115 e. The lowest BCUT2D eigenvalue weighted by Gasteiger charge is -2.26. The fourth-order valence-electron chi connectivity index (χ4n) is 3.54. The van der Waals surface area contributed by atoms with Gasteiger partial charge in [-0.2, -0.15) is 5.26 Å². The first-order chi connectivity index (χ1) is 13.3. The molecule has 0 spiro atoms. The molecule has 0 amide bonds. The molecule has 1 fully saturated rings. The number of thioether (sulfide) groups is 1. The van der Waals surface area contributed by atoms with E-state index in [1.807, 2.05) is 42.4 Å². The number of piperidine rings is 1. The lowest BCUT2D eigenvalue weighted by Crippen LogP contribution is -2.33. The first-order valence-electron chi connectivity index (χ1n) is 9.16. The molecule has 5 heteroatoms. The molecule has 3 nitrogen and oxygen atoms in total. The molecule has 0 bridgehead atoms. The van der Waals surface area contributed by atoms with Gasteiger partial charge in [0.05, 0.1) is 23.6 Å². The third-order valence-electron chi connectivity index (χ3n) is 5.04. The molecule has 0 unspecified atom stereocenters. The molecule has 136 valence electrons. The van der Waals surface area contributed by atoms with Gasteiger partial charge in [0.1, 0.15) is 6.26 Å². The van der Waals surface area contributed by atoms with Crippen LogP contribution >= 0.6 is 11.8 Å². The zero-order chi connectivity index (χ0) is 18.6. The fraction of sp³-hybridized carbons (Fsp3) is 0.273. The van der Waals surface area contributed by atoms with Gasteiger partial charge in [0.25, 0.3) is 0 Å². The Kier molecular flexibility index (Phi) is 5.68. The van der Waals surface area contributed by atoms with Gasteiger partial charge in [-0.25, -0.2) is 0 Å². The second-order valence-electron chi connectivity index (χ2n) is 6.73. The Labute approximate surface area is 168 Å². The molecule has 0 radical (unpaired) electrons. The summed E-state index contributed by atoms with van der Waals surface area (Å²) in [5, 5.41) is 12.3. The summed E-state index contributed by atoms with van der Waals surface area (Å²) in [5.41, 5.74) is 2.95. The van der Waals surface area contributed by atoms with Crippen LogP contribution in [0.2, 0.25) is 0 Å². The highest BCUT2D eigenvalue weighted by Gasteiger charge is 2.23. The maximum atomic E-state index is 9.23. The van der Waals surface area contributed by atoms with Crippen molar-refractivity contribution < 1.29 is 0 Å². The maximum absolute atomic E-state index is 9.23. The molecule has 0 saturated carbocycles. The van der Waals surface area contributed by atoms with Crippen LogP contribution in [0.4, 0.5) is 0 Å². The van der Waals surface area contributed by atoms with E-state index in [9.17, 15) is 5.26 Å². The van der Waals surface area contributed by atoms with E-state index in [0.717, 1.165) is 11.1 Å². The minimum atomic E-state index is 0.645. The molecule has 1 aliphatic heterocycles. The van der Waals surface area contributed by atoms with Gasteiger partial charge in [-0.1, -0.05) is 12.1 Å². The van der Waals surface area contributed by atoms with Crippen molar-refractivity contribution >= 4 is 34.5 Å². The van der Waals surface area contributed by atoms with Gasteiger partial charge in [0.15, 0.2) is 0 Å². The van der Waals surface area contributed by atoms with E-state index in [1.165, 1.54) is 53.5 Å². The quantitative estimate of drug-likeness (QED) is 0.477. The molecule has 0 aliphatic carbocycles. The number of hydrogen-bond donors (Lipinski definition) is 0. The van der Waals surface area contributed by atoms with E-state index in [4.69, 9.17) is 0 Å². The zero-order valence-corrected chi connectivity index (χ0v) is 17.0. The normalized spacial score (nSPS) is 15.7. The highest BCUT2D eigenvalue weighted by Crippen LogP contribution is 2.38. The van der Waals surface area contributed by atoms with Crippen molar-refractivity contribution in [3.63, 3.8) is 0 Å². The molecule has 27 heavy (non-hydrogen) atoms. The van der Waals surface area contributed by atoms with E-state index in [-0.39, 0.29) is 0 Å². The van der Waals surface area contributed by atoms with E-state index in [1.54, 1.807) is 0 Å². The van der Waals surface area contributed by atoms with Crippen LogP contribution in [-0.4, -0.2) is 33.9 Å². The molecule has 1 saturated heterocycles. The lowest BCUT2D eigenvalue weighted by molar-refractivity contribution is 0.387. The van der Waals surface area contributed by atoms with Crippen LogP contribution in [0.5, 0.6) is 0 Å². The number of nitriles is 1. The molecule has 1 aromatic heterocycles. The zero-order valence-electron chi connectivity index (χ0n) is 15.3. The average Bonchev–Trinajstić information content (AvgIpc) is 2.74. The molecule has 2 aromatic carbocycles. The second-order valence-corrected chi connectivity index (χ2v) is 9.04. The van der Waals surface area contributed by atoms with Crippen molar-refractivity contribution in [3.8, 4) is 17.2 Å². The predicted molar refractivity (Wildman–Crippen MR) is 117 cm³/mol. The molecule has 2 heterocycles. The van der Waals surface area contributed by atoms with Crippen molar-refractivity contribution in [3.05, 3.63) is 60.4 Å². The van der Waals surface area contributed by atoms with Crippen molar-refractivity contribution in [2.45, 2.75) is 23.0 Å². The SMILES string of the molecule is C[SH+]N1CCC(Sc2cc(-c3cccc(C#N)c3)cc3ccncc23)CC1. The number of hydrogen-bond acceptors (Lipinski definition) is 4. The van der Waals surface area contributed by atoms with Crippen LogP contribution in [0, 0.1) is 11.3 Å². The van der Waals surface area contributed by atoms with Crippen LogP contribution in [0.1, 0.15) is 18.4 Å². The van der Waals surface area contributed by atoms with Gasteiger partial charge in [-0.05, 0) is 59.7 Å². The third-order valence-corrected chi connectivity index (χ3v) is 7.40. The van der Waals surface area contributed by atoms with E-state index in [0.29, 0.717) is 10.8 Å². The van der Waals surface area contributed by atoms with Gasteiger partial charge in [0, 0.05) is 41.0 Å². The molecular weight excluding hydrogens is 370 g/mol. The van der Waals surface area contributed by atoms with Crippen molar-refractivity contribution in [1.82, 2.24) is 9.29 Å². The number of pyridine rings is 1. The minimum absolute atomic E-state index is 0.645. The molecule has 1 aliphatic rings. The first-order valence-corrected chi connectivity index (χ1v) is 11.3. The van der Waals surface area contributed by atoms with Gasteiger partial charge < -0.3 is 0 Å². The van der Waals surface area contributed by atoms with Gasteiger partial charge in [-0.3, -0.25) is 4.98 Å². The number of nitrogens with zero attached hydrogens (tertiary/aromatic N) is 3. The Morgan fingerprint density at radius 3 is 2.78 bits per heavy atom. The Morgan fingerprint density at radius 2 is 2.00 bits per heavy atom. The van der Waals surface area contributed by atoms with Gasteiger partial charge >= 0.3 is 0 Å². The number of thiol groups is 1. The minimum Gasteiger partial charge on any atom is -0.264 e. The molecular formula is C22H22N3S2+. The summed E-state index contributed by atoms with van der Waals surface area (Å²) in [7, 11) is 0. The Morgan fingerprint density at radius 1 is 1.15 bits per heavy atom. The number of aromatic nitrogens is 1. The molecule has 4 rings (SSSR count). The van der Waals surface area contributed by atoms with Crippen LogP contribution in [0.25, 0.3) is 21.9 Å². The summed E-state index contributed by atoms with van der Waals surface area (Å²) >= 11 is 3.37. The molecule has 0 atom stereocenters. The third kappa shape index (κ3) is 4.14. The fourth-order valence-corrected chi connectivity index (χ4v) is 5.47. The number of fused-ring (bicyclic) bond motifs is 1. The van der Waals surface area contributed by atoms with Crippen LogP contribution in [0.15, 0.2) is 59.8 Å². The second kappa shape index (κ2) is 8.35. The first kappa shape index (κ1) is 18.4. The van der Waals surface area contributed by atoms with Crippen molar-refractivity contribution in [1.29, 1.82) is 5.26 Å². The largest absolute Gasteiger partial charge is 0.264 e. The van der Waals surface area contributed by atoms with E-state index >= 15 is 0 Å². The van der Waals surface area contributed by atoms with Crippen LogP contribution < -0.4 is 0 Å². The topological polar surface area (TPSA) is 39.9 Å². The van der Waals surface area contributed by atoms with Crippen LogP contribution in [-0.2, 0) is 11.9 Å². The van der Waals surface area contributed by atoms with Crippen LogP contribution in [0.3, 0.4) is 0 Å². The number of benzene rings is 2. The van der Waals surface area contributed by atoms with Gasteiger partial charge in [0.2, 0.25) is 0 Å². The summed E-state index contributed by atoms with van der Waals surface area (Å²) in [4.78, 5) is 5.65. The van der Waals surface area contributed by atoms with Gasteiger partial charge in [-0.15, -0.1) is 16.1 Å². The Balaban J connectivity index is 1.70. The summed E-state index contributed by atoms with van der Waals surface area (Å²) in [6.07, 6.45) is 8.49. The molecule has 0 N–H and O–H groups in total. The predicted octanol–water partition coefficient (Wildman–Crippen LogP) is 4.69. The van der Waals surface area contributed by atoms with Crippen molar-refractivity contribution in [2.24, 2.45) is 0 Å². The highest BCUT2D eigenvalue weighted by molar-refractivity contribution is 8.00. The Bertz CT molecular complexity index is 988. The highest BCUT2D eigenvalue weighted by atomic mass is 32.2. The molecule has 3 aromatic rings. The van der Waals surface area contributed by atoms with E-state index in [2.05, 4.69) is 45.9 Å². The number of rotatable bonds is 4. The Hall–Kier alpha value is -2.00. The summed E-state index contributed by atoms with van der Waals surface area (Å²) in [6, 6.07) is 16.7. The summed E-state index contributed by atoms with van der Waals surface area (Å²) in [5.74, 6) is 0. The summed E-state index contributed by atoms with van der Waals surface area (Å²) in [6.45, 7) is 2.35. The average molecular weight is 393 g/mol. The monoisotopic (exact) mass is 392 g/mol. The lowest BCUT2D eigenvalue weighted by atomic mass is 10.0.